The molecule has 1 aromatic carbocycles. The maximum atomic E-state index is 11.7. The fourth-order valence-corrected chi connectivity index (χ4v) is 2.41. The number of ether oxygens (including phenoxy) is 1. The lowest BCUT2D eigenvalue weighted by Crippen LogP contribution is -2.39. The highest BCUT2D eigenvalue weighted by molar-refractivity contribution is 5.68. The summed E-state index contributed by atoms with van der Waals surface area (Å²) in [5, 5.41) is 15.7. The number of phenols is 1. The van der Waals surface area contributed by atoms with E-state index in [2.05, 4.69) is 17.6 Å². The molecule has 0 heterocycles. The van der Waals surface area contributed by atoms with Crippen molar-refractivity contribution in [1.82, 2.24) is 10.6 Å². The zero-order valence-electron chi connectivity index (χ0n) is 13.7. The highest BCUT2D eigenvalue weighted by Gasteiger charge is 2.39. The summed E-state index contributed by atoms with van der Waals surface area (Å²) in [7, 11) is 0. The van der Waals surface area contributed by atoms with Crippen LogP contribution < -0.4 is 10.6 Å². The second-order valence-corrected chi connectivity index (χ2v) is 7.03. The van der Waals surface area contributed by atoms with Gasteiger partial charge in [-0.25, -0.2) is 4.79 Å². The Morgan fingerprint density at radius 3 is 2.55 bits per heavy atom. The Bertz CT molecular complexity index is 508. The Balaban J connectivity index is 1.70. The molecule has 5 heteroatoms. The van der Waals surface area contributed by atoms with Crippen molar-refractivity contribution < 1.29 is 14.6 Å². The number of aromatic hydroxyl groups is 1. The molecule has 1 aromatic rings. The lowest BCUT2D eigenvalue weighted by molar-refractivity contribution is 0.0522. The predicted octanol–water partition coefficient (Wildman–Crippen LogP) is 2.58. The molecule has 0 aromatic heterocycles. The van der Waals surface area contributed by atoms with Crippen molar-refractivity contribution in [1.29, 1.82) is 0 Å². The topological polar surface area (TPSA) is 70.6 Å². The number of phenolic OH excluding ortho intramolecular Hbond substituents is 1. The van der Waals surface area contributed by atoms with Crippen LogP contribution in [0.2, 0.25) is 0 Å². The molecule has 0 aliphatic heterocycles. The highest BCUT2D eigenvalue weighted by Crippen LogP contribution is 2.23. The fourth-order valence-electron chi connectivity index (χ4n) is 2.41. The third-order valence-corrected chi connectivity index (χ3v) is 3.47. The number of amides is 1. The summed E-state index contributed by atoms with van der Waals surface area (Å²) in [6.07, 6.45) is 1.46. The zero-order valence-corrected chi connectivity index (χ0v) is 13.7. The van der Waals surface area contributed by atoms with E-state index >= 15 is 0 Å². The normalized spacial score (nSPS) is 22.0. The van der Waals surface area contributed by atoms with E-state index in [1.165, 1.54) is 5.56 Å². The van der Waals surface area contributed by atoms with Gasteiger partial charge in [0.25, 0.3) is 0 Å². The van der Waals surface area contributed by atoms with Crippen molar-refractivity contribution in [2.45, 2.75) is 64.3 Å². The van der Waals surface area contributed by atoms with Crippen LogP contribution in [0, 0.1) is 0 Å². The largest absolute Gasteiger partial charge is 0.508 e. The van der Waals surface area contributed by atoms with Crippen LogP contribution >= 0.6 is 0 Å². The first-order chi connectivity index (χ1) is 10.2. The average Bonchev–Trinajstić information content (AvgIpc) is 3.07. The van der Waals surface area contributed by atoms with E-state index in [1.807, 2.05) is 32.9 Å². The van der Waals surface area contributed by atoms with E-state index in [9.17, 15) is 9.90 Å². The van der Waals surface area contributed by atoms with Gasteiger partial charge in [-0.2, -0.15) is 0 Å². The number of alkyl carbamates (subject to hydrolysis) is 1. The molecular weight excluding hydrogens is 280 g/mol. The maximum Gasteiger partial charge on any atom is 0.407 e. The highest BCUT2D eigenvalue weighted by atomic mass is 16.6. The molecule has 2 rings (SSSR count). The number of hydrogen-bond acceptors (Lipinski definition) is 4. The maximum absolute atomic E-state index is 11.7. The Morgan fingerprint density at radius 2 is 1.95 bits per heavy atom. The summed E-state index contributed by atoms with van der Waals surface area (Å²) in [5.41, 5.74) is 0.712. The number of carbonyl (C=O) groups is 1. The summed E-state index contributed by atoms with van der Waals surface area (Å²) < 4.78 is 5.25. The van der Waals surface area contributed by atoms with E-state index in [0.29, 0.717) is 12.1 Å². The van der Waals surface area contributed by atoms with Gasteiger partial charge in [0.15, 0.2) is 0 Å². The Morgan fingerprint density at radius 1 is 1.32 bits per heavy atom. The SMILES string of the molecule is CC(Cc1ccc(O)cc1)NC1CC1NC(=O)OC(C)(C)C. The molecule has 122 valence electrons. The van der Waals surface area contributed by atoms with Crippen molar-refractivity contribution in [3.63, 3.8) is 0 Å². The molecule has 1 amide bonds. The van der Waals surface area contributed by atoms with Crippen LogP contribution in [0.1, 0.15) is 39.7 Å². The fraction of sp³-hybridized carbons (Fsp3) is 0.588. The van der Waals surface area contributed by atoms with Crippen LogP contribution in [0.5, 0.6) is 5.75 Å². The van der Waals surface area contributed by atoms with Crippen LogP contribution in [0.25, 0.3) is 0 Å². The number of benzene rings is 1. The summed E-state index contributed by atoms with van der Waals surface area (Å²) >= 11 is 0. The van der Waals surface area contributed by atoms with E-state index in [1.54, 1.807) is 12.1 Å². The molecule has 1 fully saturated rings. The summed E-state index contributed by atoms with van der Waals surface area (Å²) in [6.45, 7) is 7.69. The average molecular weight is 306 g/mol. The molecule has 0 spiro atoms. The van der Waals surface area contributed by atoms with Crippen LogP contribution in [-0.2, 0) is 11.2 Å². The minimum absolute atomic E-state index is 0.150. The second-order valence-electron chi connectivity index (χ2n) is 7.03. The number of hydrogen-bond donors (Lipinski definition) is 3. The lowest BCUT2D eigenvalue weighted by atomic mass is 10.1. The van der Waals surface area contributed by atoms with Gasteiger partial charge in [-0.3, -0.25) is 0 Å². The van der Waals surface area contributed by atoms with Gasteiger partial charge in [0.05, 0.1) is 0 Å². The van der Waals surface area contributed by atoms with E-state index in [0.717, 1.165) is 12.8 Å². The Hall–Kier alpha value is -1.75. The minimum Gasteiger partial charge on any atom is -0.508 e. The third kappa shape index (κ3) is 5.56. The standard InChI is InChI=1S/C17H26N2O3/c1-11(9-12-5-7-13(20)8-6-12)18-14-10-15(14)19-16(21)22-17(2,3)4/h5-8,11,14-15,18,20H,9-10H2,1-4H3,(H,19,21). The van der Waals surface area contributed by atoms with Gasteiger partial charge in [0.2, 0.25) is 0 Å². The molecule has 22 heavy (non-hydrogen) atoms. The van der Waals surface area contributed by atoms with E-state index in [4.69, 9.17) is 4.74 Å². The van der Waals surface area contributed by atoms with Crippen LogP contribution in [-0.4, -0.2) is 34.9 Å². The van der Waals surface area contributed by atoms with Gasteiger partial charge >= 0.3 is 6.09 Å². The smallest absolute Gasteiger partial charge is 0.407 e. The minimum atomic E-state index is -0.464. The van der Waals surface area contributed by atoms with Crippen molar-refractivity contribution in [2.24, 2.45) is 0 Å². The molecule has 5 nitrogen and oxygen atoms in total. The molecule has 0 radical (unpaired) electrons. The molecule has 0 bridgehead atoms. The molecule has 0 saturated heterocycles. The van der Waals surface area contributed by atoms with Crippen LogP contribution in [0.15, 0.2) is 24.3 Å². The molecule has 3 unspecified atom stereocenters. The van der Waals surface area contributed by atoms with Crippen molar-refractivity contribution in [3.8, 4) is 5.75 Å². The summed E-state index contributed by atoms with van der Waals surface area (Å²) in [6, 6.07) is 8.02. The van der Waals surface area contributed by atoms with Crippen molar-refractivity contribution in [2.75, 3.05) is 0 Å². The quantitative estimate of drug-likeness (QED) is 0.782. The van der Waals surface area contributed by atoms with Crippen LogP contribution in [0.3, 0.4) is 0 Å². The first-order valence-electron chi connectivity index (χ1n) is 7.76. The van der Waals surface area contributed by atoms with Gasteiger partial charge in [0, 0.05) is 18.1 Å². The lowest BCUT2D eigenvalue weighted by Gasteiger charge is -2.20. The number of rotatable bonds is 5. The summed E-state index contributed by atoms with van der Waals surface area (Å²) in [4.78, 5) is 11.7. The Labute approximate surface area is 132 Å². The summed E-state index contributed by atoms with van der Waals surface area (Å²) in [5.74, 6) is 0.285. The molecule has 1 aliphatic carbocycles. The Kier molecular flexibility index (Phi) is 4.96. The molecule has 1 aliphatic rings. The predicted molar refractivity (Wildman–Crippen MR) is 86.0 cm³/mol. The monoisotopic (exact) mass is 306 g/mol. The molecule has 1 saturated carbocycles. The van der Waals surface area contributed by atoms with Gasteiger partial charge < -0.3 is 20.5 Å². The number of carbonyl (C=O) groups excluding carboxylic acids is 1. The first kappa shape index (κ1) is 16.6. The van der Waals surface area contributed by atoms with Gasteiger partial charge in [-0.05, 0) is 58.2 Å². The van der Waals surface area contributed by atoms with E-state index < -0.39 is 5.60 Å². The van der Waals surface area contributed by atoms with Gasteiger partial charge in [-0.1, -0.05) is 12.1 Å². The third-order valence-electron chi connectivity index (χ3n) is 3.47. The number of nitrogens with one attached hydrogen (secondary N) is 2. The molecular formula is C17H26N2O3. The molecule has 3 N–H and O–H groups in total. The zero-order chi connectivity index (χ0) is 16.3. The van der Waals surface area contributed by atoms with Crippen molar-refractivity contribution >= 4 is 6.09 Å². The van der Waals surface area contributed by atoms with Crippen molar-refractivity contribution in [3.05, 3.63) is 29.8 Å². The van der Waals surface area contributed by atoms with E-state index in [-0.39, 0.29) is 17.9 Å². The first-order valence-corrected chi connectivity index (χ1v) is 7.76. The molecule has 3 atom stereocenters. The van der Waals surface area contributed by atoms with Crippen LogP contribution in [0.4, 0.5) is 4.79 Å². The van der Waals surface area contributed by atoms with Gasteiger partial charge in [0.1, 0.15) is 11.4 Å². The second kappa shape index (κ2) is 6.57. The van der Waals surface area contributed by atoms with Gasteiger partial charge in [-0.15, -0.1) is 0 Å².